The van der Waals surface area contributed by atoms with Crippen LogP contribution in [0.15, 0.2) is 0 Å². The standard InChI is InChI=1S/C27H55NO7.Na.H/c1-3-5-7-9-11-12-14-16-19-35-20-18-22(17-15-13-10-8-6-4-2)28-27(34)26(33)25(32)24(31)23(30)21-29;;/h22-26,29-33H,3-21H2,1-2H3,(H,28,34);;/t22?,23-,24-,25+,26-;;/m1../s1. The van der Waals surface area contributed by atoms with Crippen molar-refractivity contribution in [1.82, 2.24) is 5.32 Å². The number of hydrogen-bond acceptors (Lipinski definition) is 7. The molecule has 9 heteroatoms. The molecule has 6 N–H and O–H groups in total. The van der Waals surface area contributed by atoms with Crippen LogP contribution in [0.5, 0.6) is 0 Å². The summed E-state index contributed by atoms with van der Waals surface area (Å²) in [7, 11) is 0. The van der Waals surface area contributed by atoms with Gasteiger partial charge in [-0.05, 0) is 19.3 Å². The van der Waals surface area contributed by atoms with E-state index in [9.17, 15) is 25.2 Å². The van der Waals surface area contributed by atoms with Crippen molar-refractivity contribution in [2.45, 2.75) is 147 Å². The first-order valence-corrected chi connectivity index (χ1v) is 14.1. The van der Waals surface area contributed by atoms with Gasteiger partial charge in [0.2, 0.25) is 0 Å². The van der Waals surface area contributed by atoms with Crippen molar-refractivity contribution in [2.75, 3.05) is 19.8 Å². The molecule has 5 atom stereocenters. The van der Waals surface area contributed by atoms with Crippen LogP contribution in [-0.2, 0) is 9.53 Å². The molecule has 0 saturated heterocycles. The molecule has 0 radical (unpaired) electrons. The van der Waals surface area contributed by atoms with Gasteiger partial charge in [0.1, 0.15) is 18.3 Å². The second kappa shape index (κ2) is 26.8. The molecule has 0 aromatic carbocycles. The summed E-state index contributed by atoms with van der Waals surface area (Å²) in [6.45, 7) is 4.81. The Kier molecular flexibility index (Phi) is 28.6. The van der Waals surface area contributed by atoms with Gasteiger partial charge in [0.15, 0.2) is 6.10 Å². The maximum absolute atomic E-state index is 12.5. The molecule has 0 aliphatic rings. The molecule has 212 valence electrons. The van der Waals surface area contributed by atoms with E-state index in [0.29, 0.717) is 19.6 Å². The van der Waals surface area contributed by atoms with Crippen LogP contribution >= 0.6 is 0 Å². The van der Waals surface area contributed by atoms with Crippen molar-refractivity contribution >= 4 is 35.5 Å². The van der Waals surface area contributed by atoms with Crippen LogP contribution in [0.25, 0.3) is 0 Å². The van der Waals surface area contributed by atoms with Gasteiger partial charge in [-0.2, -0.15) is 0 Å². The third-order valence-corrected chi connectivity index (χ3v) is 6.53. The van der Waals surface area contributed by atoms with Gasteiger partial charge in [-0.15, -0.1) is 0 Å². The molecule has 36 heavy (non-hydrogen) atoms. The summed E-state index contributed by atoms with van der Waals surface area (Å²) < 4.78 is 5.78. The van der Waals surface area contributed by atoms with E-state index in [1.807, 2.05) is 0 Å². The van der Waals surface area contributed by atoms with Crippen molar-refractivity contribution < 1.29 is 35.1 Å². The maximum atomic E-state index is 12.5. The Morgan fingerprint density at radius 3 is 1.72 bits per heavy atom. The second-order valence-corrected chi connectivity index (χ2v) is 9.81. The minimum atomic E-state index is -1.91. The third-order valence-electron chi connectivity index (χ3n) is 6.53. The van der Waals surface area contributed by atoms with Crippen LogP contribution in [0.1, 0.15) is 117 Å². The van der Waals surface area contributed by atoms with Crippen LogP contribution in [-0.4, -0.2) is 111 Å². The van der Waals surface area contributed by atoms with Crippen molar-refractivity contribution in [2.24, 2.45) is 0 Å². The first-order chi connectivity index (χ1) is 16.9. The first-order valence-electron chi connectivity index (χ1n) is 14.1. The van der Waals surface area contributed by atoms with Gasteiger partial charge in [0, 0.05) is 19.3 Å². The molecule has 0 fully saturated rings. The number of aliphatic hydroxyl groups excluding tert-OH is 5. The SMILES string of the molecule is CCCCCCCCCCOCCC(CCCCCCCC)NC(=O)[C@H](O)[C@@H](O)[C@H](O)[C@H](O)CO.[NaH]. The summed E-state index contributed by atoms with van der Waals surface area (Å²) in [6.07, 6.45) is 10.8. The number of carbonyl (C=O) groups is 1. The number of amides is 1. The van der Waals surface area contributed by atoms with E-state index in [0.717, 1.165) is 38.5 Å². The van der Waals surface area contributed by atoms with Gasteiger partial charge in [-0.3, -0.25) is 4.79 Å². The Morgan fingerprint density at radius 2 is 1.19 bits per heavy atom. The van der Waals surface area contributed by atoms with E-state index >= 15 is 0 Å². The zero-order valence-electron chi connectivity index (χ0n) is 22.4. The average Bonchev–Trinajstić information content (AvgIpc) is 2.86. The molecule has 0 aromatic rings. The third kappa shape index (κ3) is 20.2. The Hall–Kier alpha value is 0.230. The van der Waals surface area contributed by atoms with E-state index in [1.165, 1.54) is 57.8 Å². The molecule has 8 nitrogen and oxygen atoms in total. The topological polar surface area (TPSA) is 139 Å². The van der Waals surface area contributed by atoms with Gasteiger partial charge in [0.25, 0.3) is 5.91 Å². The van der Waals surface area contributed by atoms with Gasteiger partial charge in [-0.1, -0.05) is 97.3 Å². The molecule has 1 amide bonds. The Morgan fingerprint density at radius 1 is 0.694 bits per heavy atom. The molecule has 0 aliphatic heterocycles. The molecule has 0 spiro atoms. The molecule has 0 heterocycles. The second-order valence-electron chi connectivity index (χ2n) is 9.81. The summed E-state index contributed by atoms with van der Waals surface area (Å²) in [4.78, 5) is 12.5. The van der Waals surface area contributed by atoms with Gasteiger partial charge >= 0.3 is 29.6 Å². The fourth-order valence-corrected chi connectivity index (χ4v) is 4.09. The number of hydrogen-bond donors (Lipinski definition) is 6. The van der Waals surface area contributed by atoms with Crippen LogP contribution in [0.2, 0.25) is 0 Å². The summed E-state index contributed by atoms with van der Waals surface area (Å²) in [6, 6.07) is -0.214. The molecule has 1 unspecified atom stereocenters. The first kappa shape index (κ1) is 38.4. The van der Waals surface area contributed by atoms with Crippen molar-refractivity contribution in [3.05, 3.63) is 0 Å². The number of unbranched alkanes of at least 4 members (excludes halogenated alkanes) is 12. The molecule has 0 rings (SSSR count). The van der Waals surface area contributed by atoms with E-state index in [-0.39, 0.29) is 35.6 Å². The fourth-order valence-electron chi connectivity index (χ4n) is 4.09. The monoisotopic (exact) mass is 529 g/mol. The molecule has 0 saturated carbocycles. The van der Waals surface area contributed by atoms with Gasteiger partial charge in [0.05, 0.1) is 6.61 Å². The molecule has 0 bridgehead atoms. The number of ether oxygens (including phenoxy) is 1. The number of aliphatic hydroxyl groups is 5. The van der Waals surface area contributed by atoms with Gasteiger partial charge in [-0.25, -0.2) is 0 Å². The Balaban J connectivity index is 0. The number of carbonyl (C=O) groups excluding carboxylic acids is 1. The average molecular weight is 530 g/mol. The fraction of sp³-hybridized carbons (Fsp3) is 0.963. The molecular weight excluding hydrogens is 473 g/mol. The summed E-state index contributed by atoms with van der Waals surface area (Å²) >= 11 is 0. The normalized spacial score (nSPS) is 15.5. The quantitative estimate of drug-likeness (QED) is 0.0789. The van der Waals surface area contributed by atoms with E-state index < -0.39 is 36.9 Å². The summed E-state index contributed by atoms with van der Waals surface area (Å²) in [5, 5.41) is 51.0. The van der Waals surface area contributed by atoms with E-state index in [1.54, 1.807) is 0 Å². The van der Waals surface area contributed by atoms with Crippen molar-refractivity contribution in [3.63, 3.8) is 0 Å². The number of nitrogens with one attached hydrogen (secondary N) is 1. The Labute approximate surface area is 241 Å². The van der Waals surface area contributed by atoms with Gasteiger partial charge < -0.3 is 35.6 Å². The predicted molar refractivity (Wildman–Crippen MR) is 146 cm³/mol. The molecule has 0 aliphatic carbocycles. The van der Waals surface area contributed by atoms with Crippen LogP contribution < -0.4 is 5.32 Å². The predicted octanol–water partition coefficient (Wildman–Crippen LogP) is 2.56. The summed E-state index contributed by atoms with van der Waals surface area (Å²) in [5.41, 5.74) is 0. The van der Waals surface area contributed by atoms with Crippen LogP contribution in [0, 0.1) is 0 Å². The van der Waals surface area contributed by atoms with Crippen molar-refractivity contribution in [1.29, 1.82) is 0 Å². The minimum absolute atomic E-state index is 0. The van der Waals surface area contributed by atoms with Crippen molar-refractivity contribution in [3.8, 4) is 0 Å². The van der Waals surface area contributed by atoms with Crippen LogP contribution in [0.3, 0.4) is 0 Å². The van der Waals surface area contributed by atoms with Crippen LogP contribution in [0.4, 0.5) is 0 Å². The summed E-state index contributed by atoms with van der Waals surface area (Å²) in [5.74, 6) is -0.805. The zero-order chi connectivity index (χ0) is 26.3. The molecular formula is C27H56NNaO7. The van der Waals surface area contributed by atoms with E-state index in [2.05, 4.69) is 19.2 Å². The number of rotatable bonds is 25. The Bertz CT molecular complexity index is 487. The molecule has 0 aromatic heterocycles. The zero-order valence-corrected chi connectivity index (χ0v) is 22.4. The van der Waals surface area contributed by atoms with E-state index in [4.69, 9.17) is 9.84 Å².